The first-order valence-electron chi connectivity index (χ1n) is 5.36. The number of amides is 1. The van der Waals surface area contributed by atoms with Gasteiger partial charge in [-0.05, 0) is 0 Å². The molecule has 1 aliphatic heterocycles. The molecule has 0 radical (unpaired) electrons. The fourth-order valence-corrected chi connectivity index (χ4v) is 1.72. The molecule has 3 rings (SSSR count). The van der Waals surface area contributed by atoms with Gasteiger partial charge in [0.1, 0.15) is 25.0 Å². The maximum atomic E-state index is 11.8. The van der Waals surface area contributed by atoms with Crippen LogP contribution in [0.1, 0.15) is 0 Å². The van der Waals surface area contributed by atoms with Gasteiger partial charge in [-0.3, -0.25) is 10.1 Å². The molecule has 0 spiro atoms. The fourth-order valence-electron chi connectivity index (χ4n) is 1.50. The summed E-state index contributed by atoms with van der Waals surface area (Å²) >= 11 is 5.93. The molecule has 9 heteroatoms. The van der Waals surface area contributed by atoms with Crippen molar-refractivity contribution in [3.05, 3.63) is 23.5 Å². The largest absolute Gasteiger partial charge is 0.494 e. The maximum absolute atomic E-state index is 11.8. The number of halogens is 1. The highest BCUT2D eigenvalue weighted by Crippen LogP contribution is 2.18. The van der Waals surface area contributed by atoms with Crippen molar-refractivity contribution >= 4 is 34.6 Å². The molecule has 0 aromatic carbocycles. The molecule has 0 saturated heterocycles. The van der Waals surface area contributed by atoms with Gasteiger partial charge < -0.3 is 14.5 Å². The Kier molecular flexibility index (Phi) is 2.92. The summed E-state index contributed by atoms with van der Waals surface area (Å²) in [6.45, 7) is 0.734. The highest BCUT2D eigenvalue weighted by molar-refractivity contribution is 6.33. The molecular weight excluding hydrogens is 274 g/mol. The van der Waals surface area contributed by atoms with Gasteiger partial charge in [0.2, 0.25) is 11.7 Å². The summed E-state index contributed by atoms with van der Waals surface area (Å²) < 4.78 is 10.1. The Morgan fingerprint density at radius 2 is 2.32 bits per heavy atom. The number of aromatic amines is 1. The van der Waals surface area contributed by atoms with E-state index in [9.17, 15) is 4.79 Å². The normalized spacial score (nSPS) is 14.5. The third-order valence-electron chi connectivity index (χ3n) is 2.34. The van der Waals surface area contributed by atoms with E-state index in [2.05, 4.69) is 25.3 Å². The standard InChI is InChI=1S/C10H8ClN5O3/c11-7-6-8(13-4-12-6)15-10(14-7)16-9(17)5-3-18-1-2-19-5/h3-4H,1-2H2,(H2,12,13,14,15,16,17). The second-order valence-electron chi connectivity index (χ2n) is 3.59. The first-order chi connectivity index (χ1) is 9.24. The van der Waals surface area contributed by atoms with E-state index in [0.717, 1.165) is 0 Å². The fraction of sp³-hybridized carbons (Fsp3) is 0.200. The lowest BCUT2D eigenvalue weighted by Gasteiger charge is -2.14. The van der Waals surface area contributed by atoms with Crippen LogP contribution in [0, 0.1) is 0 Å². The van der Waals surface area contributed by atoms with Crippen LogP contribution in [-0.4, -0.2) is 39.1 Å². The van der Waals surface area contributed by atoms with Crippen molar-refractivity contribution in [3.63, 3.8) is 0 Å². The van der Waals surface area contributed by atoms with Crippen LogP contribution in [0.4, 0.5) is 5.95 Å². The Bertz CT molecular complexity index is 668. The summed E-state index contributed by atoms with van der Waals surface area (Å²) in [5.41, 5.74) is 0.876. The molecule has 0 aliphatic carbocycles. The van der Waals surface area contributed by atoms with Crippen LogP contribution < -0.4 is 5.32 Å². The molecule has 0 fully saturated rings. The monoisotopic (exact) mass is 281 g/mol. The SMILES string of the molecule is O=C(Nc1nc(Cl)c2[nH]cnc2n1)C1=COCCO1. The molecule has 2 aromatic heterocycles. The van der Waals surface area contributed by atoms with E-state index in [1.165, 1.54) is 12.6 Å². The number of hydrogen-bond donors (Lipinski definition) is 2. The number of anilines is 1. The molecule has 1 amide bonds. The third-order valence-corrected chi connectivity index (χ3v) is 2.61. The van der Waals surface area contributed by atoms with Crippen molar-refractivity contribution in [2.75, 3.05) is 18.5 Å². The van der Waals surface area contributed by atoms with E-state index in [1.807, 2.05) is 0 Å². The van der Waals surface area contributed by atoms with Crippen molar-refractivity contribution in [2.45, 2.75) is 0 Å². The van der Waals surface area contributed by atoms with E-state index < -0.39 is 5.91 Å². The zero-order valence-corrected chi connectivity index (χ0v) is 10.3. The van der Waals surface area contributed by atoms with Crippen LogP contribution in [0.2, 0.25) is 5.15 Å². The van der Waals surface area contributed by atoms with Gasteiger partial charge >= 0.3 is 0 Å². The number of fused-ring (bicyclic) bond motifs is 1. The van der Waals surface area contributed by atoms with E-state index >= 15 is 0 Å². The number of carbonyl (C=O) groups is 1. The first-order valence-corrected chi connectivity index (χ1v) is 5.74. The minimum Gasteiger partial charge on any atom is -0.494 e. The number of nitrogens with one attached hydrogen (secondary N) is 2. The first kappa shape index (κ1) is 11.7. The zero-order valence-electron chi connectivity index (χ0n) is 9.51. The zero-order chi connectivity index (χ0) is 13.2. The van der Waals surface area contributed by atoms with Gasteiger partial charge in [-0.1, -0.05) is 11.6 Å². The van der Waals surface area contributed by atoms with E-state index in [1.54, 1.807) is 0 Å². The maximum Gasteiger partial charge on any atom is 0.296 e. The van der Waals surface area contributed by atoms with E-state index in [-0.39, 0.29) is 16.9 Å². The van der Waals surface area contributed by atoms with Crippen molar-refractivity contribution in [3.8, 4) is 0 Å². The average Bonchev–Trinajstić information content (AvgIpc) is 2.88. The molecule has 19 heavy (non-hydrogen) atoms. The van der Waals surface area contributed by atoms with E-state index in [0.29, 0.717) is 24.4 Å². The molecule has 2 aromatic rings. The number of carbonyl (C=O) groups excluding carboxylic acids is 1. The average molecular weight is 282 g/mol. The molecule has 8 nitrogen and oxygen atoms in total. The van der Waals surface area contributed by atoms with Crippen molar-refractivity contribution in [2.24, 2.45) is 0 Å². The lowest BCUT2D eigenvalue weighted by molar-refractivity contribution is -0.117. The Morgan fingerprint density at radius 1 is 1.42 bits per heavy atom. The lowest BCUT2D eigenvalue weighted by atomic mass is 10.4. The number of imidazole rings is 1. The van der Waals surface area contributed by atoms with Gasteiger partial charge in [0.15, 0.2) is 10.8 Å². The van der Waals surface area contributed by atoms with Gasteiger partial charge in [-0.15, -0.1) is 0 Å². The summed E-state index contributed by atoms with van der Waals surface area (Å²) in [4.78, 5) is 26.5. The lowest BCUT2D eigenvalue weighted by Crippen LogP contribution is -2.22. The Hall–Kier alpha value is -2.35. The summed E-state index contributed by atoms with van der Waals surface area (Å²) in [7, 11) is 0. The molecule has 2 N–H and O–H groups in total. The van der Waals surface area contributed by atoms with Crippen LogP contribution in [0.15, 0.2) is 18.3 Å². The smallest absolute Gasteiger partial charge is 0.296 e. The van der Waals surface area contributed by atoms with Gasteiger partial charge in [0.05, 0.1) is 6.33 Å². The summed E-state index contributed by atoms with van der Waals surface area (Å²) in [5, 5.41) is 2.64. The van der Waals surface area contributed by atoms with Crippen LogP contribution in [0.5, 0.6) is 0 Å². The summed E-state index contributed by atoms with van der Waals surface area (Å²) in [6.07, 6.45) is 2.69. The third kappa shape index (κ3) is 2.29. The number of nitrogens with zero attached hydrogens (tertiary/aromatic N) is 3. The number of H-pyrrole nitrogens is 1. The minimum atomic E-state index is -0.509. The molecule has 98 valence electrons. The number of rotatable bonds is 2. The second-order valence-corrected chi connectivity index (χ2v) is 3.95. The van der Waals surface area contributed by atoms with Crippen molar-refractivity contribution < 1.29 is 14.3 Å². The quantitative estimate of drug-likeness (QED) is 0.791. The highest BCUT2D eigenvalue weighted by atomic mass is 35.5. The van der Waals surface area contributed by atoms with Gasteiger partial charge in [-0.2, -0.15) is 9.97 Å². The Labute approximate surface area is 111 Å². The van der Waals surface area contributed by atoms with Gasteiger partial charge in [0, 0.05) is 0 Å². The second kappa shape index (κ2) is 4.73. The summed E-state index contributed by atoms with van der Waals surface area (Å²) in [6, 6.07) is 0. The van der Waals surface area contributed by atoms with Crippen LogP contribution >= 0.6 is 11.6 Å². The predicted octanol–water partition coefficient (Wildman–Crippen LogP) is 0.833. The van der Waals surface area contributed by atoms with Gasteiger partial charge in [-0.25, -0.2) is 4.98 Å². The summed E-state index contributed by atoms with van der Waals surface area (Å²) in [5.74, 6) is -0.400. The van der Waals surface area contributed by atoms with Gasteiger partial charge in [0.25, 0.3) is 5.91 Å². The van der Waals surface area contributed by atoms with Crippen LogP contribution in [0.25, 0.3) is 11.2 Å². The Morgan fingerprint density at radius 3 is 3.11 bits per heavy atom. The molecule has 1 aliphatic rings. The predicted molar refractivity (Wildman–Crippen MR) is 65.3 cm³/mol. The van der Waals surface area contributed by atoms with Crippen LogP contribution in [0.3, 0.4) is 0 Å². The molecular formula is C10H8ClN5O3. The molecule has 0 bridgehead atoms. The number of hydrogen-bond acceptors (Lipinski definition) is 6. The molecule has 3 heterocycles. The minimum absolute atomic E-state index is 0.0460. The molecule has 0 atom stereocenters. The van der Waals surface area contributed by atoms with E-state index in [4.69, 9.17) is 21.1 Å². The van der Waals surface area contributed by atoms with Crippen molar-refractivity contribution in [1.82, 2.24) is 19.9 Å². The van der Waals surface area contributed by atoms with Crippen LogP contribution in [-0.2, 0) is 14.3 Å². The Balaban J connectivity index is 1.84. The number of aromatic nitrogens is 4. The highest BCUT2D eigenvalue weighted by Gasteiger charge is 2.17. The topological polar surface area (TPSA) is 102 Å². The molecule has 0 unspecified atom stereocenters. The van der Waals surface area contributed by atoms with Crippen molar-refractivity contribution in [1.29, 1.82) is 0 Å². The molecule has 0 saturated carbocycles. The number of ether oxygens (including phenoxy) is 2.